The third-order valence-corrected chi connectivity index (χ3v) is 2.43. The maximum atomic E-state index is 11.8. The first-order valence-corrected chi connectivity index (χ1v) is 5.86. The first-order valence-electron chi connectivity index (χ1n) is 5.86. The van der Waals surface area contributed by atoms with Crippen LogP contribution in [0.1, 0.15) is 35.3 Å². The Morgan fingerprint density at radius 2 is 2.06 bits per heavy atom. The van der Waals surface area contributed by atoms with Crippen molar-refractivity contribution in [2.45, 2.75) is 27.7 Å². The van der Waals surface area contributed by atoms with E-state index in [0.29, 0.717) is 23.8 Å². The number of aryl methyl sites for hydroxylation is 2. The van der Waals surface area contributed by atoms with Crippen molar-refractivity contribution in [1.29, 1.82) is 0 Å². The number of carbonyl (C=O) groups excluding carboxylic acids is 1. The van der Waals surface area contributed by atoms with Gasteiger partial charge in [0.2, 0.25) is 0 Å². The summed E-state index contributed by atoms with van der Waals surface area (Å²) in [6.45, 7) is 12.2. The van der Waals surface area contributed by atoms with Crippen molar-refractivity contribution in [2.75, 3.05) is 6.61 Å². The predicted molar refractivity (Wildman–Crippen MR) is 70.8 cm³/mol. The molecule has 0 radical (unpaired) electrons. The summed E-state index contributed by atoms with van der Waals surface area (Å²) in [5.74, 6) is 1.03. The smallest absolute Gasteiger partial charge is 0.188 e. The van der Waals surface area contributed by atoms with Gasteiger partial charge in [0.25, 0.3) is 0 Å². The summed E-state index contributed by atoms with van der Waals surface area (Å²) >= 11 is 0. The van der Waals surface area contributed by atoms with E-state index in [9.17, 15) is 4.79 Å². The first kappa shape index (κ1) is 13.5. The van der Waals surface area contributed by atoms with E-state index in [1.807, 2.05) is 26.0 Å². The van der Waals surface area contributed by atoms with Crippen molar-refractivity contribution >= 4 is 5.78 Å². The molecule has 92 valence electrons. The topological polar surface area (TPSA) is 26.3 Å². The largest absolute Gasteiger partial charge is 0.492 e. The minimum atomic E-state index is -0.0874. The highest BCUT2D eigenvalue weighted by molar-refractivity contribution is 6.06. The number of hydrogen-bond acceptors (Lipinski definition) is 2. The van der Waals surface area contributed by atoms with Crippen molar-refractivity contribution in [1.82, 2.24) is 0 Å². The zero-order chi connectivity index (χ0) is 13.0. The number of hydrogen-bond donors (Lipinski definition) is 0. The van der Waals surface area contributed by atoms with Gasteiger partial charge in [0.1, 0.15) is 5.75 Å². The average molecular weight is 232 g/mol. The Morgan fingerprint density at radius 3 is 2.59 bits per heavy atom. The van der Waals surface area contributed by atoms with Gasteiger partial charge in [0, 0.05) is 0 Å². The van der Waals surface area contributed by atoms with Gasteiger partial charge in [-0.3, -0.25) is 4.79 Å². The molecule has 1 aromatic rings. The highest BCUT2D eigenvalue weighted by atomic mass is 16.5. The van der Waals surface area contributed by atoms with Gasteiger partial charge in [0.15, 0.2) is 5.78 Å². The summed E-state index contributed by atoms with van der Waals surface area (Å²) in [4.78, 5) is 11.8. The molecule has 0 saturated carbocycles. The lowest BCUT2D eigenvalue weighted by molar-refractivity contribution is 0.104. The van der Waals surface area contributed by atoms with E-state index in [2.05, 4.69) is 20.4 Å². The van der Waals surface area contributed by atoms with E-state index in [-0.39, 0.29) is 5.78 Å². The molecule has 0 heterocycles. The van der Waals surface area contributed by atoms with Crippen LogP contribution < -0.4 is 4.74 Å². The Bertz CT molecular complexity index is 431. The van der Waals surface area contributed by atoms with E-state index in [1.54, 1.807) is 0 Å². The van der Waals surface area contributed by atoms with E-state index < -0.39 is 0 Å². The van der Waals surface area contributed by atoms with Crippen LogP contribution in [-0.4, -0.2) is 12.4 Å². The van der Waals surface area contributed by atoms with Gasteiger partial charge in [0.05, 0.1) is 12.2 Å². The van der Waals surface area contributed by atoms with Gasteiger partial charge in [-0.25, -0.2) is 0 Å². The average Bonchev–Trinajstić information content (AvgIpc) is 2.25. The minimum Gasteiger partial charge on any atom is -0.492 e. The predicted octanol–water partition coefficient (Wildman–Crippen LogP) is 3.71. The van der Waals surface area contributed by atoms with Crippen LogP contribution in [0.25, 0.3) is 0 Å². The molecule has 0 unspecified atom stereocenters. The Balaban J connectivity index is 3.15. The van der Waals surface area contributed by atoms with E-state index in [4.69, 9.17) is 4.74 Å². The second-order valence-corrected chi connectivity index (χ2v) is 4.73. The fourth-order valence-corrected chi connectivity index (χ4v) is 1.69. The summed E-state index contributed by atoms with van der Waals surface area (Å²) < 4.78 is 5.74. The second-order valence-electron chi connectivity index (χ2n) is 4.73. The molecule has 0 fully saturated rings. The Labute approximate surface area is 103 Å². The third kappa shape index (κ3) is 3.45. The summed E-state index contributed by atoms with van der Waals surface area (Å²) in [7, 11) is 0. The quantitative estimate of drug-likeness (QED) is 0.571. The lowest BCUT2D eigenvalue weighted by Gasteiger charge is -2.15. The fraction of sp³-hybridized carbons (Fsp3) is 0.400. The van der Waals surface area contributed by atoms with Gasteiger partial charge in [-0.1, -0.05) is 26.5 Å². The SMILES string of the molecule is C=CC(=O)c1cc(C)cc(C)c1OCC(C)C. The van der Waals surface area contributed by atoms with Gasteiger partial charge in [-0.05, 0) is 43.0 Å². The minimum absolute atomic E-state index is 0.0874. The van der Waals surface area contributed by atoms with Crippen molar-refractivity contribution in [2.24, 2.45) is 5.92 Å². The van der Waals surface area contributed by atoms with E-state index >= 15 is 0 Å². The maximum absolute atomic E-state index is 11.8. The molecule has 2 heteroatoms. The summed E-state index contributed by atoms with van der Waals surface area (Å²) in [6.07, 6.45) is 1.33. The van der Waals surface area contributed by atoms with Gasteiger partial charge in [-0.15, -0.1) is 0 Å². The first-order chi connectivity index (χ1) is 7.95. The summed E-state index contributed by atoms with van der Waals surface area (Å²) in [5, 5.41) is 0. The Morgan fingerprint density at radius 1 is 1.41 bits per heavy atom. The molecule has 0 spiro atoms. The number of benzene rings is 1. The van der Waals surface area contributed by atoms with Crippen LogP contribution in [0.4, 0.5) is 0 Å². The monoisotopic (exact) mass is 232 g/mol. The molecule has 1 rings (SSSR count). The van der Waals surface area contributed by atoms with Crippen molar-refractivity contribution in [3.05, 3.63) is 41.5 Å². The molecule has 0 saturated heterocycles. The highest BCUT2D eigenvalue weighted by Crippen LogP contribution is 2.26. The molecule has 0 N–H and O–H groups in total. The van der Waals surface area contributed by atoms with Gasteiger partial charge in [-0.2, -0.15) is 0 Å². The van der Waals surface area contributed by atoms with Crippen molar-refractivity contribution in [3.8, 4) is 5.75 Å². The summed E-state index contributed by atoms with van der Waals surface area (Å²) in [6, 6.07) is 3.88. The zero-order valence-corrected chi connectivity index (χ0v) is 11.0. The molecule has 2 nitrogen and oxygen atoms in total. The van der Waals surface area contributed by atoms with Gasteiger partial charge < -0.3 is 4.74 Å². The fourth-order valence-electron chi connectivity index (χ4n) is 1.69. The molecular weight excluding hydrogens is 212 g/mol. The van der Waals surface area contributed by atoms with Gasteiger partial charge >= 0.3 is 0 Å². The molecule has 0 atom stereocenters. The van der Waals surface area contributed by atoms with Crippen LogP contribution in [0, 0.1) is 19.8 Å². The van der Waals surface area contributed by atoms with Crippen molar-refractivity contribution in [3.63, 3.8) is 0 Å². The Kier molecular flexibility index (Phi) is 4.50. The number of allylic oxidation sites excluding steroid dienone is 1. The standard InChI is InChI=1S/C15H20O2/c1-6-14(16)13-8-11(4)7-12(5)15(13)17-9-10(2)3/h6-8,10H,1,9H2,2-5H3. The second kappa shape index (κ2) is 5.67. The number of carbonyl (C=O) groups is 1. The molecule has 0 bridgehead atoms. The molecule has 17 heavy (non-hydrogen) atoms. The normalized spacial score (nSPS) is 10.4. The van der Waals surface area contributed by atoms with Crippen LogP contribution in [0.3, 0.4) is 0 Å². The van der Waals surface area contributed by atoms with Crippen LogP contribution in [0.15, 0.2) is 24.8 Å². The molecular formula is C15H20O2. The van der Waals surface area contributed by atoms with E-state index in [0.717, 1.165) is 11.1 Å². The molecule has 0 aliphatic heterocycles. The van der Waals surface area contributed by atoms with Crippen LogP contribution in [0.5, 0.6) is 5.75 Å². The molecule has 0 aliphatic carbocycles. The number of ether oxygens (including phenoxy) is 1. The molecule has 0 aliphatic rings. The molecule has 0 aromatic heterocycles. The van der Waals surface area contributed by atoms with Crippen LogP contribution >= 0.6 is 0 Å². The number of rotatable bonds is 5. The lowest BCUT2D eigenvalue weighted by atomic mass is 10.0. The van der Waals surface area contributed by atoms with Crippen LogP contribution in [-0.2, 0) is 0 Å². The maximum Gasteiger partial charge on any atom is 0.188 e. The number of ketones is 1. The van der Waals surface area contributed by atoms with Crippen molar-refractivity contribution < 1.29 is 9.53 Å². The lowest BCUT2D eigenvalue weighted by Crippen LogP contribution is -2.09. The third-order valence-electron chi connectivity index (χ3n) is 2.43. The highest BCUT2D eigenvalue weighted by Gasteiger charge is 2.13. The van der Waals surface area contributed by atoms with Crippen LogP contribution in [0.2, 0.25) is 0 Å². The summed E-state index contributed by atoms with van der Waals surface area (Å²) in [5.41, 5.74) is 2.67. The molecule has 1 aromatic carbocycles. The Hall–Kier alpha value is -1.57. The van der Waals surface area contributed by atoms with E-state index in [1.165, 1.54) is 6.08 Å². The molecule has 0 amide bonds. The zero-order valence-electron chi connectivity index (χ0n) is 11.0.